The van der Waals surface area contributed by atoms with Gasteiger partial charge in [-0.2, -0.15) is 0 Å². The van der Waals surface area contributed by atoms with Crippen LogP contribution in [0.1, 0.15) is 25.0 Å². The summed E-state index contributed by atoms with van der Waals surface area (Å²) in [6, 6.07) is 5.92. The quantitative estimate of drug-likeness (QED) is 0.929. The van der Waals surface area contributed by atoms with Crippen LogP contribution in [0.25, 0.3) is 0 Å². The molecule has 0 spiro atoms. The highest BCUT2D eigenvalue weighted by molar-refractivity contribution is 6.03. The maximum Gasteiger partial charge on any atom is 0.252 e. The van der Waals surface area contributed by atoms with Crippen molar-refractivity contribution in [3.8, 4) is 0 Å². The Morgan fingerprint density at radius 2 is 2.18 bits per heavy atom. The van der Waals surface area contributed by atoms with Crippen LogP contribution in [-0.2, 0) is 10.3 Å². The number of nitrogens with one attached hydrogen (secondary N) is 1. The molecule has 0 aromatic carbocycles. The van der Waals surface area contributed by atoms with Crippen molar-refractivity contribution in [3.05, 3.63) is 76.7 Å². The lowest BCUT2D eigenvalue weighted by atomic mass is 9.73. The Bertz CT molecular complexity index is 807. The summed E-state index contributed by atoms with van der Waals surface area (Å²) < 4.78 is 0. The molecule has 108 valence electrons. The van der Waals surface area contributed by atoms with E-state index in [0.717, 1.165) is 36.1 Å². The Kier molecular flexibility index (Phi) is 2.25. The third-order valence-electron chi connectivity index (χ3n) is 5.25. The molecule has 1 N–H and O–H groups in total. The van der Waals surface area contributed by atoms with Gasteiger partial charge in [-0.05, 0) is 60.3 Å². The van der Waals surface area contributed by atoms with Crippen molar-refractivity contribution in [2.75, 3.05) is 0 Å². The zero-order chi connectivity index (χ0) is 14.7. The van der Waals surface area contributed by atoms with Crippen molar-refractivity contribution in [2.24, 2.45) is 5.92 Å². The van der Waals surface area contributed by atoms with E-state index in [2.05, 4.69) is 28.5 Å². The molecule has 3 nitrogen and oxygen atoms in total. The van der Waals surface area contributed by atoms with E-state index in [-0.39, 0.29) is 11.4 Å². The molecule has 1 fully saturated rings. The van der Waals surface area contributed by atoms with Gasteiger partial charge in [-0.3, -0.25) is 9.78 Å². The summed E-state index contributed by atoms with van der Waals surface area (Å²) in [7, 11) is 0. The number of fused-ring (bicyclic) bond motifs is 3. The number of carbonyl (C=O) groups is 1. The van der Waals surface area contributed by atoms with Gasteiger partial charge in [0.1, 0.15) is 0 Å². The third kappa shape index (κ3) is 1.56. The summed E-state index contributed by atoms with van der Waals surface area (Å²) >= 11 is 0. The summed E-state index contributed by atoms with van der Waals surface area (Å²) in [6.45, 7) is 0. The van der Waals surface area contributed by atoms with Gasteiger partial charge in [0, 0.05) is 17.7 Å². The number of allylic oxidation sites excluding steroid dienone is 6. The summed E-state index contributed by atoms with van der Waals surface area (Å²) in [5.41, 5.74) is 5.29. The van der Waals surface area contributed by atoms with Gasteiger partial charge in [0.15, 0.2) is 0 Å². The second-order valence-electron chi connectivity index (χ2n) is 6.51. The van der Waals surface area contributed by atoms with Crippen LogP contribution in [0.5, 0.6) is 0 Å². The highest BCUT2D eigenvalue weighted by Crippen LogP contribution is 2.51. The van der Waals surface area contributed by atoms with Gasteiger partial charge in [0.2, 0.25) is 0 Å². The minimum absolute atomic E-state index is 0.0322. The van der Waals surface area contributed by atoms with E-state index >= 15 is 0 Å². The molecule has 0 saturated heterocycles. The molecule has 4 aliphatic rings. The van der Waals surface area contributed by atoms with E-state index in [4.69, 9.17) is 0 Å². The number of hydrogen-bond acceptors (Lipinski definition) is 2. The highest BCUT2D eigenvalue weighted by atomic mass is 16.1. The lowest BCUT2D eigenvalue weighted by Crippen LogP contribution is -2.51. The predicted octanol–water partition coefficient (Wildman–Crippen LogP) is 2.94. The fraction of sp³-hybridized carbons (Fsp3) is 0.263. The van der Waals surface area contributed by atoms with E-state index in [9.17, 15) is 4.79 Å². The minimum atomic E-state index is -0.275. The lowest BCUT2D eigenvalue weighted by Gasteiger charge is -2.42. The zero-order valence-corrected chi connectivity index (χ0v) is 12.2. The third-order valence-corrected chi connectivity index (χ3v) is 5.25. The van der Waals surface area contributed by atoms with Crippen LogP contribution >= 0.6 is 0 Å². The van der Waals surface area contributed by atoms with Crippen LogP contribution < -0.4 is 5.32 Å². The van der Waals surface area contributed by atoms with Crippen LogP contribution in [0.2, 0.25) is 0 Å². The number of rotatable bonds is 3. The van der Waals surface area contributed by atoms with Crippen molar-refractivity contribution in [1.29, 1.82) is 0 Å². The molecule has 1 heterocycles. The SMILES string of the molecule is O=C(NC1(c2ccccn2)CCC1)C1=CC=C2C1=CC1=CC12. The molecule has 0 radical (unpaired) electrons. The molecular formula is C19H16N2O. The molecule has 22 heavy (non-hydrogen) atoms. The first-order chi connectivity index (χ1) is 10.8. The molecule has 1 atom stereocenters. The molecule has 1 aromatic heterocycles. The zero-order valence-electron chi connectivity index (χ0n) is 12.2. The molecule has 0 bridgehead atoms. The van der Waals surface area contributed by atoms with Gasteiger partial charge in [0.05, 0.1) is 11.2 Å². The van der Waals surface area contributed by atoms with E-state index in [0.29, 0.717) is 5.92 Å². The number of nitrogens with zero attached hydrogens (tertiary/aromatic N) is 1. The van der Waals surface area contributed by atoms with Gasteiger partial charge in [-0.1, -0.05) is 18.2 Å². The number of hydrogen-bond donors (Lipinski definition) is 1. The molecule has 4 aliphatic carbocycles. The minimum Gasteiger partial charge on any atom is -0.341 e. The first-order valence-electron chi connectivity index (χ1n) is 7.87. The van der Waals surface area contributed by atoms with E-state index in [1.54, 1.807) is 6.20 Å². The Balaban J connectivity index is 1.41. The average Bonchev–Trinajstić information content (AvgIpc) is 2.99. The van der Waals surface area contributed by atoms with Gasteiger partial charge in [-0.15, -0.1) is 0 Å². The molecule has 1 aromatic rings. The summed E-state index contributed by atoms with van der Waals surface area (Å²) in [4.78, 5) is 17.3. The maximum absolute atomic E-state index is 12.8. The average molecular weight is 288 g/mol. The first kappa shape index (κ1) is 12.2. The normalized spacial score (nSPS) is 25.9. The van der Waals surface area contributed by atoms with E-state index < -0.39 is 0 Å². The van der Waals surface area contributed by atoms with Crippen LogP contribution in [0.3, 0.4) is 0 Å². The Hall–Kier alpha value is -2.42. The summed E-state index contributed by atoms with van der Waals surface area (Å²) in [5, 5.41) is 3.27. The fourth-order valence-electron chi connectivity index (χ4n) is 3.76. The molecule has 0 aliphatic heterocycles. The van der Waals surface area contributed by atoms with E-state index in [1.165, 1.54) is 11.1 Å². The van der Waals surface area contributed by atoms with Gasteiger partial charge >= 0.3 is 0 Å². The first-order valence-corrected chi connectivity index (χ1v) is 7.87. The Labute approximate surface area is 129 Å². The second-order valence-corrected chi connectivity index (χ2v) is 6.51. The smallest absolute Gasteiger partial charge is 0.252 e. The highest BCUT2D eigenvalue weighted by Gasteiger charge is 2.44. The van der Waals surface area contributed by atoms with Crippen molar-refractivity contribution < 1.29 is 4.79 Å². The van der Waals surface area contributed by atoms with Crippen molar-refractivity contribution in [3.63, 3.8) is 0 Å². The number of pyridine rings is 1. The topological polar surface area (TPSA) is 42.0 Å². The van der Waals surface area contributed by atoms with Crippen molar-refractivity contribution in [2.45, 2.75) is 24.8 Å². The standard InChI is InChI=1S/C19H16N2O/c22-18(14-6-5-13-15-10-12(15)11-16(13)14)21-19(7-3-8-19)17-4-1-2-9-20-17/h1-2,4-6,9-11,15H,3,7-8H2,(H,21,22). The largest absolute Gasteiger partial charge is 0.341 e. The van der Waals surface area contributed by atoms with Gasteiger partial charge in [0.25, 0.3) is 5.91 Å². The molecule has 3 heteroatoms. The Morgan fingerprint density at radius 3 is 2.91 bits per heavy atom. The van der Waals surface area contributed by atoms with Gasteiger partial charge < -0.3 is 5.32 Å². The monoisotopic (exact) mass is 288 g/mol. The van der Waals surface area contributed by atoms with Crippen LogP contribution in [-0.4, -0.2) is 10.9 Å². The number of carbonyl (C=O) groups excluding carboxylic acids is 1. The molecular weight excluding hydrogens is 272 g/mol. The molecule has 1 amide bonds. The predicted molar refractivity (Wildman–Crippen MR) is 83.7 cm³/mol. The fourth-order valence-corrected chi connectivity index (χ4v) is 3.76. The summed E-state index contributed by atoms with van der Waals surface area (Å²) in [6.07, 6.45) is 13.3. The second kappa shape index (κ2) is 4.07. The van der Waals surface area contributed by atoms with Crippen LogP contribution in [0.4, 0.5) is 0 Å². The molecule has 1 saturated carbocycles. The lowest BCUT2D eigenvalue weighted by molar-refractivity contribution is -0.120. The van der Waals surface area contributed by atoms with Crippen molar-refractivity contribution >= 4 is 5.91 Å². The number of amides is 1. The molecule has 5 rings (SSSR count). The summed E-state index contributed by atoms with van der Waals surface area (Å²) in [5.74, 6) is 0.523. The maximum atomic E-state index is 12.8. The van der Waals surface area contributed by atoms with E-state index in [1.807, 2.05) is 24.3 Å². The van der Waals surface area contributed by atoms with Crippen LogP contribution in [0, 0.1) is 5.92 Å². The van der Waals surface area contributed by atoms with Crippen LogP contribution in [0.15, 0.2) is 71.0 Å². The van der Waals surface area contributed by atoms with Gasteiger partial charge in [-0.25, -0.2) is 0 Å². The molecule has 1 unspecified atom stereocenters. The number of aromatic nitrogens is 1. The Morgan fingerprint density at radius 1 is 1.27 bits per heavy atom. The van der Waals surface area contributed by atoms with Crippen molar-refractivity contribution in [1.82, 2.24) is 10.3 Å².